The third kappa shape index (κ3) is 6.43. The maximum absolute atomic E-state index is 12.7. The smallest absolute Gasteiger partial charge is 0.411 e. The number of benzene rings is 1. The van der Waals surface area contributed by atoms with Crippen LogP contribution < -0.4 is 5.32 Å². The van der Waals surface area contributed by atoms with Crippen molar-refractivity contribution in [3.05, 3.63) is 48.0 Å². The first kappa shape index (κ1) is 22.0. The summed E-state index contributed by atoms with van der Waals surface area (Å²) >= 11 is 1.56. The highest BCUT2D eigenvalue weighted by Crippen LogP contribution is 2.21. The van der Waals surface area contributed by atoms with E-state index in [1.165, 1.54) is 10.5 Å². The molecule has 1 aromatic heterocycles. The fourth-order valence-corrected chi connectivity index (χ4v) is 3.53. The summed E-state index contributed by atoms with van der Waals surface area (Å²) in [6.45, 7) is 6.10. The van der Waals surface area contributed by atoms with Gasteiger partial charge in [0.05, 0.1) is 13.2 Å². The zero-order valence-corrected chi connectivity index (χ0v) is 18.1. The minimum atomic E-state index is -0.789. The van der Waals surface area contributed by atoms with Crippen molar-refractivity contribution in [2.24, 2.45) is 0 Å². The van der Waals surface area contributed by atoms with Crippen molar-refractivity contribution in [2.45, 2.75) is 43.2 Å². The lowest BCUT2D eigenvalue weighted by atomic mass is 10.2. The molecule has 9 heteroatoms. The molecule has 0 bridgehead atoms. The molecule has 0 saturated carbocycles. The predicted molar refractivity (Wildman–Crippen MR) is 114 cm³/mol. The first-order valence-electron chi connectivity index (χ1n) is 9.70. The number of carbonyl (C=O) groups is 2. The van der Waals surface area contributed by atoms with Crippen LogP contribution in [-0.4, -0.2) is 58.5 Å². The van der Waals surface area contributed by atoms with E-state index in [2.05, 4.69) is 27.6 Å². The molecular weight excluding hydrogens is 404 g/mol. The van der Waals surface area contributed by atoms with Crippen molar-refractivity contribution in [3.8, 4) is 0 Å². The number of amides is 2. The van der Waals surface area contributed by atoms with E-state index in [-0.39, 0.29) is 19.1 Å². The summed E-state index contributed by atoms with van der Waals surface area (Å²) in [5.41, 5.74) is 0.552. The number of carbonyl (C=O) groups excluding carboxylic acids is 2. The highest BCUT2D eigenvalue weighted by molar-refractivity contribution is 7.98. The van der Waals surface area contributed by atoms with Crippen molar-refractivity contribution >= 4 is 29.6 Å². The highest BCUT2D eigenvalue weighted by atomic mass is 32.2. The Kier molecular flexibility index (Phi) is 7.28. The molecule has 1 aliphatic heterocycles. The normalized spacial score (nSPS) is 16.8. The second-order valence-electron chi connectivity index (χ2n) is 7.78. The lowest BCUT2D eigenvalue weighted by Gasteiger charge is -2.35. The van der Waals surface area contributed by atoms with Crippen LogP contribution >= 0.6 is 11.8 Å². The van der Waals surface area contributed by atoms with Crippen LogP contribution in [0.2, 0.25) is 0 Å². The molecule has 30 heavy (non-hydrogen) atoms. The van der Waals surface area contributed by atoms with Gasteiger partial charge in [0, 0.05) is 12.3 Å². The molecule has 1 aromatic carbocycles. The molecule has 0 unspecified atom stereocenters. The van der Waals surface area contributed by atoms with Crippen LogP contribution in [0.1, 0.15) is 26.3 Å². The molecular formula is C21H26N4O4S. The zero-order chi connectivity index (χ0) is 21.6. The molecule has 160 valence electrons. The van der Waals surface area contributed by atoms with Gasteiger partial charge >= 0.3 is 6.09 Å². The number of nitrogens with one attached hydrogen (secondary N) is 1. The molecule has 0 radical (unpaired) electrons. The molecule has 2 amide bonds. The van der Waals surface area contributed by atoms with E-state index < -0.39 is 17.7 Å². The molecule has 0 aliphatic carbocycles. The minimum Gasteiger partial charge on any atom is -0.444 e. The molecule has 2 heterocycles. The Labute approximate surface area is 180 Å². The second-order valence-corrected chi connectivity index (χ2v) is 8.78. The SMILES string of the molecule is CC(C)(C)OC(=O)N1CCOC[C@@H]1C(=O)Nc1ccc(SCc2ccccc2)nn1. The molecule has 1 saturated heterocycles. The molecule has 0 spiro atoms. The Balaban J connectivity index is 1.57. The summed E-state index contributed by atoms with van der Waals surface area (Å²) < 4.78 is 10.8. The van der Waals surface area contributed by atoms with E-state index in [9.17, 15) is 9.59 Å². The maximum Gasteiger partial charge on any atom is 0.411 e. The van der Waals surface area contributed by atoms with E-state index in [0.717, 1.165) is 10.8 Å². The first-order valence-corrected chi connectivity index (χ1v) is 10.7. The van der Waals surface area contributed by atoms with E-state index in [1.54, 1.807) is 44.7 Å². The Morgan fingerprint density at radius 2 is 1.97 bits per heavy atom. The van der Waals surface area contributed by atoms with Crippen LogP contribution in [0.5, 0.6) is 0 Å². The Morgan fingerprint density at radius 1 is 1.20 bits per heavy atom. The third-order valence-electron chi connectivity index (χ3n) is 4.18. The molecule has 8 nitrogen and oxygen atoms in total. The fraction of sp³-hybridized carbons (Fsp3) is 0.429. The molecule has 1 fully saturated rings. The Morgan fingerprint density at radius 3 is 2.63 bits per heavy atom. The van der Waals surface area contributed by atoms with Crippen LogP contribution in [0.15, 0.2) is 47.5 Å². The number of hydrogen-bond acceptors (Lipinski definition) is 7. The molecule has 3 rings (SSSR count). The van der Waals surface area contributed by atoms with E-state index in [4.69, 9.17) is 9.47 Å². The number of aromatic nitrogens is 2. The zero-order valence-electron chi connectivity index (χ0n) is 17.3. The van der Waals surface area contributed by atoms with Gasteiger partial charge < -0.3 is 14.8 Å². The van der Waals surface area contributed by atoms with Gasteiger partial charge in [-0.1, -0.05) is 42.1 Å². The average Bonchev–Trinajstić information content (AvgIpc) is 2.73. The number of ether oxygens (including phenoxy) is 2. The van der Waals surface area contributed by atoms with Gasteiger partial charge in [-0.05, 0) is 38.5 Å². The lowest BCUT2D eigenvalue weighted by molar-refractivity contribution is -0.127. The van der Waals surface area contributed by atoms with Gasteiger partial charge in [0.15, 0.2) is 5.82 Å². The van der Waals surface area contributed by atoms with Crippen molar-refractivity contribution < 1.29 is 19.1 Å². The number of hydrogen-bond donors (Lipinski definition) is 1. The standard InChI is InChI=1S/C21H26N4O4S/c1-21(2,3)29-20(27)25-11-12-28-13-16(25)19(26)22-17-9-10-18(24-23-17)30-14-15-7-5-4-6-8-15/h4-10,16H,11-14H2,1-3H3,(H,22,23,26)/t16-/m1/s1. The Bertz CT molecular complexity index is 856. The second kappa shape index (κ2) is 9.90. The molecule has 1 aliphatic rings. The molecule has 2 aromatic rings. The average molecular weight is 431 g/mol. The summed E-state index contributed by atoms with van der Waals surface area (Å²) in [7, 11) is 0. The van der Waals surface area contributed by atoms with Crippen LogP contribution in [0, 0.1) is 0 Å². The van der Waals surface area contributed by atoms with Gasteiger partial charge in [0.25, 0.3) is 5.91 Å². The summed E-state index contributed by atoms with van der Waals surface area (Å²) in [5.74, 6) is 0.712. The monoisotopic (exact) mass is 430 g/mol. The van der Waals surface area contributed by atoms with E-state index >= 15 is 0 Å². The van der Waals surface area contributed by atoms with Crippen LogP contribution in [0.25, 0.3) is 0 Å². The summed E-state index contributed by atoms with van der Waals surface area (Å²) in [4.78, 5) is 26.6. The summed E-state index contributed by atoms with van der Waals surface area (Å²) in [6, 6.07) is 12.8. The van der Waals surface area contributed by atoms with Gasteiger partial charge in [0.2, 0.25) is 0 Å². The predicted octanol–water partition coefficient (Wildman–Crippen LogP) is 3.34. The molecule has 1 N–H and O–H groups in total. The summed E-state index contributed by atoms with van der Waals surface area (Å²) in [6.07, 6.45) is -0.537. The number of nitrogens with zero attached hydrogens (tertiary/aromatic N) is 3. The largest absolute Gasteiger partial charge is 0.444 e. The maximum atomic E-state index is 12.7. The lowest BCUT2D eigenvalue weighted by Crippen LogP contribution is -2.55. The number of morpholine rings is 1. The van der Waals surface area contributed by atoms with Gasteiger partial charge in [-0.25, -0.2) is 4.79 Å². The topological polar surface area (TPSA) is 93.6 Å². The first-order chi connectivity index (χ1) is 14.3. The fourth-order valence-electron chi connectivity index (χ4n) is 2.76. The number of anilines is 1. The van der Waals surface area contributed by atoms with Crippen molar-refractivity contribution in [1.82, 2.24) is 15.1 Å². The Hall–Kier alpha value is -2.65. The summed E-state index contributed by atoms with van der Waals surface area (Å²) in [5, 5.41) is 11.7. The van der Waals surface area contributed by atoms with Crippen LogP contribution in [0.3, 0.4) is 0 Å². The van der Waals surface area contributed by atoms with Crippen molar-refractivity contribution in [2.75, 3.05) is 25.1 Å². The highest BCUT2D eigenvalue weighted by Gasteiger charge is 2.35. The number of thioether (sulfide) groups is 1. The van der Waals surface area contributed by atoms with Crippen molar-refractivity contribution in [3.63, 3.8) is 0 Å². The van der Waals surface area contributed by atoms with Crippen LogP contribution in [-0.2, 0) is 20.0 Å². The van der Waals surface area contributed by atoms with E-state index in [0.29, 0.717) is 12.4 Å². The number of rotatable bonds is 5. The quantitative estimate of drug-likeness (QED) is 0.727. The third-order valence-corrected chi connectivity index (χ3v) is 5.17. The van der Waals surface area contributed by atoms with Crippen LogP contribution in [0.4, 0.5) is 10.6 Å². The van der Waals surface area contributed by atoms with Gasteiger partial charge in [-0.3, -0.25) is 9.69 Å². The van der Waals surface area contributed by atoms with Gasteiger partial charge in [-0.2, -0.15) is 0 Å². The van der Waals surface area contributed by atoms with E-state index in [1.807, 2.05) is 18.2 Å². The van der Waals surface area contributed by atoms with Crippen molar-refractivity contribution in [1.29, 1.82) is 0 Å². The minimum absolute atomic E-state index is 0.101. The molecule has 1 atom stereocenters. The van der Waals surface area contributed by atoms with Gasteiger partial charge in [0.1, 0.15) is 16.7 Å². The van der Waals surface area contributed by atoms with Gasteiger partial charge in [-0.15, -0.1) is 10.2 Å².